The van der Waals surface area contributed by atoms with Crippen LogP contribution in [-0.2, 0) is 11.3 Å². The summed E-state index contributed by atoms with van der Waals surface area (Å²) in [6, 6.07) is 10.8. The van der Waals surface area contributed by atoms with E-state index >= 15 is 0 Å². The van der Waals surface area contributed by atoms with Crippen molar-refractivity contribution in [3.8, 4) is 5.75 Å². The Kier molecular flexibility index (Phi) is 6.08. The fourth-order valence-electron chi connectivity index (χ4n) is 2.07. The maximum Gasteiger partial charge on any atom is 0.311 e. The van der Waals surface area contributed by atoms with E-state index in [1.807, 2.05) is 0 Å². The van der Waals surface area contributed by atoms with Gasteiger partial charge in [0.2, 0.25) is 0 Å². The highest BCUT2D eigenvalue weighted by Gasteiger charge is 2.18. The SMILES string of the molecule is CN(Cc1ccc(Cl)cc1)C(=O)COc1ccc(C=O)cc1[N+](=O)[O-]. The van der Waals surface area contributed by atoms with Gasteiger partial charge in [0.15, 0.2) is 12.4 Å². The van der Waals surface area contributed by atoms with Crippen molar-refractivity contribution in [3.05, 3.63) is 68.7 Å². The number of benzene rings is 2. The number of amides is 1. The molecular weight excluding hydrogens is 348 g/mol. The van der Waals surface area contributed by atoms with Crippen molar-refractivity contribution < 1.29 is 19.2 Å². The summed E-state index contributed by atoms with van der Waals surface area (Å²) < 4.78 is 5.27. The van der Waals surface area contributed by atoms with E-state index in [9.17, 15) is 19.7 Å². The number of carbonyl (C=O) groups is 2. The summed E-state index contributed by atoms with van der Waals surface area (Å²) in [4.78, 5) is 34.7. The van der Waals surface area contributed by atoms with Crippen molar-refractivity contribution in [3.63, 3.8) is 0 Å². The Morgan fingerprint density at radius 3 is 2.56 bits per heavy atom. The van der Waals surface area contributed by atoms with E-state index < -0.39 is 4.92 Å². The molecule has 0 fully saturated rings. The molecule has 0 N–H and O–H groups in total. The summed E-state index contributed by atoms with van der Waals surface area (Å²) in [6.45, 7) is -0.00307. The van der Waals surface area contributed by atoms with Gasteiger partial charge in [-0.25, -0.2) is 0 Å². The molecule has 0 aliphatic heterocycles. The minimum Gasteiger partial charge on any atom is -0.477 e. The first-order chi connectivity index (χ1) is 11.9. The van der Waals surface area contributed by atoms with Crippen LogP contribution in [0.15, 0.2) is 42.5 Å². The Morgan fingerprint density at radius 2 is 1.96 bits per heavy atom. The molecule has 0 aliphatic rings. The Morgan fingerprint density at radius 1 is 1.28 bits per heavy atom. The van der Waals surface area contributed by atoms with Crippen LogP contribution in [0.25, 0.3) is 0 Å². The summed E-state index contributed by atoms with van der Waals surface area (Å²) in [6.07, 6.45) is 0.502. The smallest absolute Gasteiger partial charge is 0.311 e. The second-order valence-electron chi connectivity index (χ2n) is 5.27. The normalized spacial score (nSPS) is 10.2. The summed E-state index contributed by atoms with van der Waals surface area (Å²) in [5, 5.41) is 11.6. The van der Waals surface area contributed by atoms with Crippen LogP contribution < -0.4 is 4.74 Å². The van der Waals surface area contributed by atoms with Crippen LogP contribution in [0.5, 0.6) is 5.75 Å². The molecule has 7 nitrogen and oxygen atoms in total. The van der Waals surface area contributed by atoms with Crippen molar-refractivity contribution in [2.75, 3.05) is 13.7 Å². The third-order valence-electron chi connectivity index (χ3n) is 3.43. The lowest BCUT2D eigenvalue weighted by molar-refractivity contribution is -0.385. The van der Waals surface area contributed by atoms with Crippen molar-refractivity contribution in [2.45, 2.75) is 6.54 Å². The molecule has 0 saturated carbocycles. The average molecular weight is 363 g/mol. The number of likely N-dealkylation sites (N-methyl/N-ethyl adjacent to an activating group) is 1. The van der Waals surface area contributed by atoms with E-state index in [-0.39, 0.29) is 29.5 Å². The van der Waals surface area contributed by atoms with Crippen molar-refractivity contribution >= 4 is 29.5 Å². The Hall–Kier alpha value is -2.93. The maximum absolute atomic E-state index is 12.1. The predicted octanol–water partition coefficient (Wildman–Crippen LogP) is 3.10. The molecule has 0 heterocycles. The second kappa shape index (κ2) is 8.25. The van der Waals surface area contributed by atoms with E-state index in [4.69, 9.17) is 16.3 Å². The van der Waals surface area contributed by atoms with Gasteiger partial charge in [-0.3, -0.25) is 19.7 Å². The molecule has 0 saturated heterocycles. The molecular formula is C17H15ClN2O5. The molecule has 25 heavy (non-hydrogen) atoms. The van der Waals surface area contributed by atoms with E-state index in [0.717, 1.165) is 11.6 Å². The van der Waals surface area contributed by atoms with Gasteiger partial charge in [0.25, 0.3) is 5.91 Å². The zero-order valence-electron chi connectivity index (χ0n) is 13.3. The van der Waals surface area contributed by atoms with Gasteiger partial charge in [-0.2, -0.15) is 0 Å². The standard InChI is InChI=1S/C17H15ClN2O5/c1-19(9-12-2-5-14(18)6-3-12)17(22)11-25-16-7-4-13(10-21)8-15(16)20(23)24/h2-8,10H,9,11H2,1H3. The monoisotopic (exact) mass is 362 g/mol. The van der Waals surface area contributed by atoms with Crippen LogP contribution in [-0.4, -0.2) is 35.7 Å². The topological polar surface area (TPSA) is 89.8 Å². The summed E-state index contributed by atoms with van der Waals surface area (Å²) in [5.74, 6) is -0.410. The highest BCUT2D eigenvalue weighted by molar-refractivity contribution is 6.30. The van der Waals surface area contributed by atoms with Gasteiger partial charge >= 0.3 is 5.69 Å². The number of halogens is 1. The third-order valence-corrected chi connectivity index (χ3v) is 3.68. The lowest BCUT2D eigenvalue weighted by atomic mass is 10.2. The van der Waals surface area contributed by atoms with Gasteiger partial charge in [-0.15, -0.1) is 0 Å². The van der Waals surface area contributed by atoms with Gasteiger partial charge in [-0.05, 0) is 29.8 Å². The van der Waals surface area contributed by atoms with E-state index in [1.165, 1.54) is 17.0 Å². The Labute approximate surface area is 148 Å². The van der Waals surface area contributed by atoms with Gasteiger partial charge in [0, 0.05) is 30.2 Å². The minimum absolute atomic E-state index is 0.0659. The van der Waals surface area contributed by atoms with Crippen molar-refractivity contribution in [1.29, 1.82) is 0 Å². The van der Waals surface area contributed by atoms with E-state index in [1.54, 1.807) is 31.3 Å². The van der Waals surface area contributed by atoms with Crippen molar-refractivity contribution in [1.82, 2.24) is 4.90 Å². The summed E-state index contributed by atoms with van der Waals surface area (Å²) in [5.41, 5.74) is 0.685. The van der Waals surface area contributed by atoms with Crippen LogP contribution in [0.4, 0.5) is 5.69 Å². The molecule has 0 aliphatic carbocycles. The first-order valence-electron chi connectivity index (χ1n) is 7.25. The summed E-state index contributed by atoms with van der Waals surface area (Å²) in [7, 11) is 1.60. The number of hydrogen-bond acceptors (Lipinski definition) is 5. The Balaban J connectivity index is 2.00. The fraction of sp³-hybridized carbons (Fsp3) is 0.176. The van der Waals surface area contributed by atoms with E-state index in [2.05, 4.69) is 0 Å². The highest BCUT2D eigenvalue weighted by atomic mass is 35.5. The average Bonchev–Trinajstić information content (AvgIpc) is 2.61. The molecule has 2 rings (SSSR count). The van der Waals surface area contributed by atoms with Crippen LogP contribution in [0.3, 0.4) is 0 Å². The highest BCUT2D eigenvalue weighted by Crippen LogP contribution is 2.27. The van der Waals surface area contributed by atoms with Gasteiger partial charge in [0.05, 0.1) is 4.92 Å². The number of aldehydes is 1. The quantitative estimate of drug-likeness (QED) is 0.429. The van der Waals surface area contributed by atoms with E-state index in [0.29, 0.717) is 17.9 Å². The molecule has 2 aromatic rings. The number of nitrogens with zero attached hydrogens (tertiary/aromatic N) is 2. The zero-order valence-corrected chi connectivity index (χ0v) is 14.1. The maximum atomic E-state index is 12.1. The first kappa shape index (κ1) is 18.4. The molecule has 0 atom stereocenters. The number of nitro groups is 1. The number of ether oxygens (including phenoxy) is 1. The molecule has 0 spiro atoms. The fourth-order valence-corrected chi connectivity index (χ4v) is 2.20. The third kappa shape index (κ3) is 5.02. The molecule has 1 amide bonds. The van der Waals surface area contributed by atoms with Crippen LogP contribution in [0, 0.1) is 10.1 Å². The number of rotatable bonds is 7. The zero-order chi connectivity index (χ0) is 18.4. The Bertz CT molecular complexity index is 792. The largest absolute Gasteiger partial charge is 0.477 e. The summed E-state index contributed by atoms with van der Waals surface area (Å²) >= 11 is 5.81. The van der Waals surface area contributed by atoms with Crippen LogP contribution >= 0.6 is 11.6 Å². The molecule has 0 unspecified atom stereocenters. The minimum atomic E-state index is -0.662. The molecule has 8 heteroatoms. The van der Waals surface area contributed by atoms with Crippen molar-refractivity contribution in [2.24, 2.45) is 0 Å². The van der Waals surface area contributed by atoms with Gasteiger partial charge in [-0.1, -0.05) is 23.7 Å². The molecule has 130 valence electrons. The predicted molar refractivity (Wildman–Crippen MR) is 91.9 cm³/mol. The lowest BCUT2D eigenvalue weighted by Crippen LogP contribution is -2.31. The second-order valence-corrected chi connectivity index (χ2v) is 5.70. The first-order valence-corrected chi connectivity index (χ1v) is 7.63. The van der Waals surface area contributed by atoms with Gasteiger partial charge in [0.1, 0.15) is 6.29 Å². The van der Waals surface area contributed by atoms with Crippen LogP contribution in [0.2, 0.25) is 5.02 Å². The molecule has 0 aromatic heterocycles. The lowest BCUT2D eigenvalue weighted by Gasteiger charge is -2.17. The number of hydrogen-bond donors (Lipinski definition) is 0. The molecule has 0 radical (unpaired) electrons. The van der Waals surface area contributed by atoms with Gasteiger partial charge < -0.3 is 9.64 Å². The molecule has 2 aromatic carbocycles. The van der Waals surface area contributed by atoms with Crippen LogP contribution in [0.1, 0.15) is 15.9 Å². The number of carbonyl (C=O) groups excluding carboxylic acids is 2. The number of nitro benzene ring substituents is 1. The molecule has 0 bridgehead atoms.